The lowest BCUT2D eigenvalue weighted by Crippen LogP contribution is -2.08. The third kappa shape index (κ3) is 2.13. The van der Waals surface area contributed by atoms with Crippen molar-refractivity contribution in [3.8, 4) is 0 Å². The number of rotatable bonds is 3. The minimum absolute atomic E-state index is 0.215. The zero-order valence-corrected chi connectivity index (χ0v) is 8.96. The quantitative estimate of drug-likeness (QED) is 0.688. The molecule has 0 aliphatic heterocycles. The predicted octanol–water partition coefficient (Wildman–Crippen LogP) is 2.73. The molecule has 0 saturated heterocycles. The van der Waals surface area contributed by atoms with E-state index in [2.05, 4.69) is 0 Å². The van der Waals surface area contributed by atoms with Crippen LogP contribution >= 0.6 is 0 Å². The highest BCUT2D eigenvalue weighted by molar-refractivity contribution is 5.91. The van der Waals surface area contributed by atoms with Crippen LogP contribution in [-0.2, 0) is 11.2 Å². The first-order valence-electron chi connectivity index (χ1n) is 4.96. The molecule has 0 atom stereocenters. The molecule has 14 heavy (non-hydrogen) atoms. The second kappa shape index (κ2) is 4.80. The van der Waals surface area contributed by atoms with Crippen molar-refractivity contribution in [2.75, 3.05) is 6.61 Å². The van der Waals surface area contributed by atoms with Gasteiger partial charge in [0.1, 0.15) is 0 Å². The van der Waals surface area contributed by atoms with Crippen molar-refractivity contribution in [1.82, 2.24) is 0 Å². The highest BCUT2D eigenvalue weighted by Crippen LogP contribution is 2.15. The van der Waals surface area contributed by atoms with Gasteiger partial charge in [0.2, 0.25) is 0 Å². The van der Waals surface area contributed by atoms with Crippen molar-refractivity contribution in [2.45, 2.75) is 27.2 Å². The summed E-state index contributed by atoms with van der Waals surface area (Å²) in [6.07, 6.45) is 0.862. The lowest BCUT2D eigenvalue weighted by atomic mass is 10.00. The molecular formula is C12H16O2. The van der Waals surface area contributed by atoms with E-state index in [-0.39, 0.29) is 5.97 Å². The normalized spacial score (nSPS) is 9.93. The first-order chi connectivity index (χ1) is 6.70. The summed E-state index contributed by atoms with van der Waals surface area (Å²) in [5, 5.41) is 0. The van der Waals surface area contributed by atoms with Gasteiger partial charge in [0.25, 0.3) is 0 Å². The number of hydrogen-bond acceptors (Lipinski definition) is 2. The fourth-order valence-electron chi connectivity index (χ4n) is 1.57. The molecule has 0 amide bonds. The van der Waals surface area contributed by atoms with E-state index in [1.54, 1.807) is 0 Å². The zero-order chi connectivity index (χ0) is 10.6. The highest BCUT2D eigenvalue weighted by atomic mass is 16.5. The van der Waals surface area contributed by atoms with E-state index < -0.39 is 0 Å². The summed E-state index contributed by atoms with van der Waals surface area (Å²) in [5.74, 6) is -0.215. The van der Waals surface area contributed by atoms with E-state index in [4.69, 9.17) is 4.74 Å². The molecule has 0 N–H and O–H groups in total. The summed E-state index contributed by atoms with van der Waals surface area (Å²) in [4.78, 5) is 11.6. The first-order valence-corrected chi connectivity index (χ1v) is 4.96. The minimum atomic E-state index is -0.215. The summed E-state index contributed by atoms with van der Waals surface area (Å²) in [6.45, 7) is 6.31. The van der Waals surface area contributed by atoms with Crippen LogP contribution in [0.5, 0.6) is 0 Å². The van der Waals surface area contributed by atoms with Gasteiger partial charge < -0.3 is 4.74 Å². The Bertz CT molecular complexity index is 329. The summed E-state index contributed by atoms with van der Waals surface area (Å²) < 4.78 is 4.99. The Morgan fingerprint density at radius 1 is 1.36 bits per heavy atom. The Labute approximate surface area is 84.9 Å². The Kier molecular flexibility index (Phi) is 3.69. The molecule has 2 heteroatoms. The Morgan fingerprint density at radius 2 is 2.07 bits per heavy atom. The van der Waals surface area contributed by atoms with E-state index in [0.717, 1.165) is 17.5 Å². The van der Waals surface area contributed by atoms with Gasteiger partial charge in [-0.25, -0.2) is 4.79 Å². The highest BCUT2D eigenvalue weighted by Gasteiger charge is 2.11. The Morgan fingerprint density at radius 3 is 2.64 bits per heavy atom. The second-order valence-corrected chi connectivity index (χ2v) is 3.18. The average molecular weight is 192 g/mol. The smallest absolute Gasteiger partial charge is 0.338 e. The number of aryl methyl sites for hydroxylation is 1. The SMILES string of the molecule is CCOC(=O)c1cccc(C)c1CC. The average Bonchev–Trinajstić information content (AvgIpc) is 2.17. The van der Waals surface area contributed by atoms with E-state index in [0.29, 0.717) is 12.2 Å². The number of carbonyl (C=O) groups excluding carboxylic acids is 1. The van der Waals surface area contributed by atoms with Crippen LogP contribution in [0.1, 0.15) is 35.3 Å². The fraction of sp³-hybridized carbons (Fsp3) is 0.417. The minimum Gasteiger partial charge on any atom is -0.462 e. The van der Waals surface area contributed by atoms with Crippen LogP contribution in [0.25, 0.3) is 0 Å². The third-order valence-electron chi connectivity index (χ3n) is 2.26. The van der Waals surface area contributed by atoms with Gasteiger partial charge in [0.15, 0.2) is 0 Å². The maximum absolute atomic E-state index is 11.6. The lowest BCUT2D eigenvalue weighted by Gasteiger charge is -2.09. The third-order valence-corrected chi connectivity index (χ3v) is 2.26. The van der Waals surface area contributed by atoms with Gasteiger partial charge in [0.05, 0.1) is 12.2 Å². The molecule has 0 heterocycles. The van der Waals surface area contributed by atoms with Crippen molar-refractivity contribution in [2.24, 2.45) is 0 Å². The van der Waals surface area contributed by atoms with Crippen LogP contribution in [-0.4, -0.2) is 12.6 Å². The van der Waals surface area contributed by atoms with Gasteiger partial charge in [-0.05, 0) is 37.5 Å². The van der Waals surface area contributed by atoms with Gasteiger partial charge >= 0.3 is 5.97 Å². The number of esters is 1. The summed E-state index contributed by atoms with van der Waals surface area (Å²) in [5.41, 5.74) is 2.94. The maximum Gasteiger partial charge on any atom is 0.338 e. The summed E-state index contributed by atoms with van der Waals surface area (Å²) in [6, 6.07) is 5.73. The maximum atomic E-state index is 11.6. The monoisotopic (exact) mass is 192 g/mol. The molecule has 1 rings (SSSR count). The molecule has 1 aromatic rings. The summed E-state index contributed by atoms with van der Waals surface area (Å²) in [7, 11) is 0. The molecule has 76 valence electrons. The number of carbonyl (C=O) groups is 1. The Hall–Kier alpha value is -1.31. The van der Waals surface area contributed by atoms with Crippen molar-refractivity contribution in [3.05, 3.63) is 34.9 Å². The molecule has 0 aliphatic carbocycles. The van der Waals surface area contributed by atoms with Crippen molar-refractivity contribution >= 4 is 5.97 Å². The molecule has 0 radical (unpaired) electrons. The topological polar surface area (TPSA) is 26.3 Å². The van der Waals surface area contributed by atoms with Crippen molar-refractivity contribution in [3.63, 3.8) is 0 Å². The van der Waals surface area contributed by atoms with E-state index in [1.807, 2.05) is 39.0 Å². The van der Waals surface area contributed by atoms with Crippen molar-refractivity contribution < 1.29 is 9.53 Å². The predicted molar refractivity (Wildman–Crippen MR) is 56.5 cm³/mol. The first kappa shape index (κ1) is 10.8. The molecule has 2 nitrogen and oxygen atoms in total. The van der Waals surface area contributed by atoms with Crippen molar-refractivity contribution in [1.29, 1.82) is 0 Å². The molecular weight excluding hydrogens is 176 g/mol. The van der Waals surface area contributed by atoms with Gasteiger partial charge in [-0.1, -0.05) is 19.1 Å². The van der Waals surface area contributed by atoms with Crippen LogP contribution < -0.4 is 0 Å². The lowest BCUT2D eigenvalue weighted by molar-refractivity contribution is 0.0525. The van der Waals surface area contributed by atoms with Crippen LogP contribution in [0.3, 0.4) is 0 Å². The molecule has 0 aromatic heterocycles. The van der Waals surface area contributed by atoms with Gasteiger partial charge in [-0.15, -0.1) is 0 Å². The van der Waals surface area contributed by atoms with Gasteiger partial charge in [-0.3, -0.25) is 0 Å². The van der Waals surface area contributed by atoms with Gasteiger partial charge in [-0.2, -0.15) is 0 Å². The van der Waals surface area contributed by atoms with Gasteiger partial charge in [0, 0.05) is 0 Å². The van der Waals surface area contributed by atoms with Crippen LogP contribution in [0.2, 0.25) is 0 Å². The molecule has 0 spiro atoms. The number of benzene rings is 1. The van der Waals surface area contributed by atoms with E-state index in [9.17, 15) is 4.79 Å². The molecule has 0 aliphatic rings. The standard InChI is InChI=1S/C12H16O2/c1-4-10-9(3)7-6-8-11(10)12(13)14-5-2/h6-8H,4-5H2,1-3H3. The van der Waals surface area contributed by atoms with Crippen LogP contribution in [0, 0.1) is 6.92 Å². The fourth-order valence-corrected chi connectivity index (χ4v) is 1.57. The van der Waals surface area contributed by atoms with Crippen LogP contribution in [0.15, 0.2) is 18.2 Å². The zero-order valence-electron chi connectivity index (χ0n) is 8.96. The molecule has 0 saturated carbocycles. The number of hydrogen-bond donors (Lipinski definition) is 0. The van der Waals surface area contributed by atoms with E-state index >= 15 is 0 Å². The second-order valence-electron chi connectivity index (χ2n) is 3.18. The molecule has 0 fully saturated rings. The Balaban J connectivity index is 3.07. The molecule has 0 bridgehead atoms. The largest absolute Gasteiger partial charge is 0.462 e. The molecule has 1 aromatic carbocycles. The number of ether oxygens (including phenoxy) is 1. The van der Waals surface area contributed by atoms with E-state index in [1.165, 1.54) is 0 Å². The van der Waals surface area contributed by atoms with Crippen LogP contribution in [0.4, 0.5) is 0 Å². The summed E-state index contributed by atoms with van der Waals surface area (Å²) >= 11 is 0. The molecule has 0 unspecified atom stereocenters.